The maximum absolute atomic E-state index is 11.8. The minimum atomic E-state index is -4.32. The van der Waals surface area contributed by atoms with Gasteiger partial charge in [-0.05, 0) is 48.6 Å². The van der Waals surface area contributed by atoms with Crippen LogP contribution in [-0.4, -0.2) is 27.1 Å². The van der Waals surface area contributed by atoms with Gasteiger partial charge in [-0.3, -0.25) is 4.55 Å². The number of hydrogen-bond donors (Lipinski definition) is 3. The number of rotatable bonds is 4. The van der Waals surface area contributed by atoms with E-state index in [-0.39, 0.29) is 4.90 Å². The molecule has 3 N–H and O–H groups in total. The van der Waals surface area contributed by atoms with Crippen LogP contribution in [0.3, 0.4) is 0 Å². The highest BCUT2D eigenvalue weighted by atomic mass is 32.2. The first-order chi connectivity index (χ1) is 17.3. The second kappa shape index (κ2) is 8.29. The molecule has 0 radical (unpaired) electrons. The molecule has 0 fully saturated rings. The molecular formula is C28H25N3O4S. The Hall–Kier alpha value is -4.01. The van der Waals surface area contributed by atoms with E-state index in [1.807, 2.05) is 55.4 Å². The smallest absolute Gasteiger partial charge is 0.294 e. The van der Waals surface area contributed by atoms with Crippen LogP contribution < -0.4 is 30.7 Å². The Labute approximate surface area is 209 Å². The summed E-state index contributed by atoms with van der Waals surface area (Å²) in [6, 6.07) is 18.4. The molecule has 1 aliphatic heterocycles. The van der Waals surface area contributed by atoms with Gasteiger partial charge in [-0.15, -0.1) is 0 Å². The zero-order chi connectivity index (χ0) is 25.0. The van der Waals surface area contributed by atoms with Gasteiger partial charge in [0.05, 0.1) is 16.3 Å². The maximum atomic E-state index is 11.8. The predicted molar refractivity (Wildman–Crippen MR) is 145 cm³/mol. The van der Waals surface area contributed by atoms with Crippen LogP contribution in [0.1, 0.15) is 12.8 Å². The third-order valence-corrected chi connectivity index (χ3v) is 7.47. The summed E-state index contributed by atoms with van der Waals surface area (Å²) >= 11 is 0. The molecule has 0 saturated heterocycles. The Morgan fingerprint density at radius 2 is 1.72 bits per heavy atom. The largest absolute Gasteiger partial charge is 0.453 e. The molecule has 1 heterocycles. The SMILES string of the molecule is CN(C)c1ccc2c(c1)Oc1cc(Nc3cccc4ccc(S(=O)(=O)O)cc34)c3c(c1N2)=CCCC=3. The minimum absolute atomic E-state index is 0.141. The summed E-state index contributed by atoms with van der Waals surface area (Å²) in [7, 11) is -0.334. The number of benzene rings is 4. The van der Waals surface area contributed by atoms with E-state index in [0.717, 1.165) is 62.9 Å². The lowest BCUT2D eigenvalue weighted by atomic mass is 10.0. The molecule has 0 saturated carbocycles. The molecule has 0 bridgehead atoms. The number of anilines is 5. The van der Waals surface area contributed by atoms with Gasteiger partial charge >= 0.3 is 0 Å². The van der Waals surface area contributed by atoms with Crippen molar-refractivity contribution in [2.45, 2.75) is 17.7 Å². The van der Waals surface area contributed by atoms with E-state index in [2.05, 4.69) is 28.9 Å². The van der Waals surface area contributed by atoms with Crippen molar-refractivity contribution in [2.75, 3.05) is 29.6 Å². The topological polar surface area (TPSA) is 90.9 Å². The number of nitrogens with zero attached hydrogens (tertiary/aromatic N) is 1. The summed E-state index contributed by atoms with van der Waals surface area (Å²) in [4.78, 5) is 1.89. The lowest BCUT2D eigenvalue weighted by Gasteiger charge is -2.26. The molecule has 182 valence electrons. The Kier molecular flexibility index (Phi) is 5.17. The maximum Gasteiger partial charge on any atom is 0.294 e. The standard InChI is InChI=1S/C28H25N3O4S/c1-31(2)18-11-13-24-26(14-18)35-27-16-25(20-7-3-4-8-21(20)28(27)30-24)29-23-9-5-6-17-10-12-19(15-22(17)23)36(32,33)34/h5-16,29-30H,3-4H2,1-2H3,(H,32,33,34). The van der Waals surface area contributed by atoms with E-state index in [9.17, 15) is 13.0 Å². The van der Waals surface area contributed by atoms with Gasteiger partial charge in [0.15, 0.2) is 11.5 Å². The van der Waals surface area contributed by atoms with Crippen molar-refractivity contribution in [3.63, 3.8) is 0 Å². The molecule has 2 aliphatic rings. The minimum Gasteiger partial charge on any atom is -0.453 e. The molecule has 6 rings (SSSR count). The molecule has 8 heteroatoms. The molecule has 1 aliphatic carbocycles. The molecule has 4 aromatic rings. The van der Waals surface area contributed by atoms with Gasteiger partial charge < -0.3 is 20.3 Å². The van der Waals surface area contributed by atoms with E-state index in [1.165, 1.54) is 12.1 Å². The average molecular weight is 500 g/mol. The molecule has 0 unspecified atom stereocenters. The van der Waals surface area contributed by atoms with Gasteiger partial charge in [-0.1, -0.05) is 30.4 Å². The van der Waals surface area contributed by atoms with Crippen molar-refractivity contribution in [3.8, 4) is 11.5 Å². The molecule has 7 nitrogen and oxygen atoms in total. The number of fused-ring (bicyclic) bond motifs is 5. The highest BCUT2D eigenvalue weighted by Crippen LogP contribution is 2.42. The second-order valence-electron chi connectivity index (χ2n) is 9.20. The van der Waals surface area contributed by atoms with Crippen molar-refractivity contribution in [1.82, 2.24) is 0 Å². The van der Waals surface area contributed by atoms with Crippen molar-refractivity contribution < 1.29 is 17.7 Å². The first-order valence-corrected chi connectivity index (χ1v) is 13.1. The van der Waals surface area contributed by atoms with Crippen LogP contribution in [0, 0.1) is 0 Å². The highest BCUT2D eigenvalue weighted by molar-refractivity contribution is 7.85. The molecular weight excluding hydrogens is 474 g/mol. The van der Waals surface area contributed by atoms with Gasteiger partial charge in [-0.2, -0.15) is 8.42 Å². The van der Waals surface area contributed by atoms with Crippen LogP contribution in [0.2, 0.25) is 0 Å². The van der Waals surface area contributed by atoms with E-state index in [1.54, 1.807) is 6.07 Å². The fourth-order valence-corrected chi connectivity index (χ4v) is 5.30. The van der Waals surface area contributed by atoms with Crippen molar-refractivity contribution >= 4 is 61.5 Å². The summed E-state index contributed by atoms with van der Waals surface area (Å²) < 4.78 is 39.5. The summed E-state index contributed by atoms with van der Waals surface area (Å²) in [5.74, 6) is 1.47. The van der Waals surface area contributed by atoms with Crippen molar-refractivity contribution in [1.29, 1.82) is 0 Å². The first-order valence-electron chi connectivity index (χ1n) is 11.7. The zero-order valence-electron chi connectivity index (χ0n) is 19.9. The second-order valence-corrected chi connectivity index (χ2v) is 10.6. The first kappa shape index (κ1) is 22.5. The fourth-order valence-electron chi connectivity index (χ4n) is 4.79. The third kappa shape index (κ3) is 3.84. The quantitative estimate of drug-likeness (QED) is 0.296. The lowest BCUT2D eigenvalue weighted by molar-refractivity contribution is 0.480. The molecule has 4 aromatic carbocycles. The van der Waals surface area contributed by atoms with Gasteiger partial charge in [0.25, 0.3) is 10.1 Å². The van der Waals surface area contributed by atoms with Crippen LogP contribution in [0.5, 0.6) is 11.5 Å². The summed E-state index contributed by atoms with van der Waals surface area (Å²) in [5, 5.41) is 10.8. The molecule has 0 aromatic heterocycles. The number of nitrogens with one attached hydrogen (secondary N) is 2. The van der Waals surface area contributed by atoms with Gasteiger partial charge in [-0.25, -0.2) is 0 Å². The number of ether oxygens (including phenoxy) is 1. The summed E-state index contributed by atoms with van der Waals surface area (Å²) in [6.07, 6.45) is 6.28. The van der Waals surface area contributed by atoms with Crippen molar-refractivity contribution in [3.05, 3.63) is 71.1 Å². The third-order valence-electron chi connectivity index (χ3n) is 6.62. The normalized spacial score (nSPS) is 13.8. The van der Waals surface area contributed by atoms with E-state index in [4.69, 9.17) is 4.74 Å². The van der Waals surface area contributed by atoms with E-state index >= 15 is 0 Å². The molecule has 0 spiro atoms. The van der Waals surface area contributed by atoms with E-state index in [0.29, 0.717) is 11.1 Å². The average Bonchev–Trinajstić information content (AvgIpc) is 2.87. The van der Waals surface area contributed by atoms with E-state index < -0.39 is 10.1 Å². The van der Waals surface area contributed by atoms with Crippen LogP contribution >= 0.6 is 0 Å². The predicted octanol–water partition coefficient (Wildman–Crippen LogP) is 5.10. The number of hydrogen-bond acceptors (Lipinski definition) is 6. The molecule has 36 heavy (non-hydrogen) atoms. The van der Waals surface area contributed by atoms with Crippen LogP contribution in [0.4, 0.5) is 28.4 Å². The Bertz CT molecular complexity index is 1780. The van der Waals surface area contributed by atoms with Gasteiger partial charge in [0.1, 0.15) is 0 Å². The summed E-state index contributed by atoms with van der Waals surface area (Å²) in [5.41, 5.74) is 4.49. The Morgan fingerprint density at radius 3 is 2.50 bits per heavy atom. The van der Waals surface area contributed by atoms with Crippen LogP contribution in [0.25, 0.3) is 22.9 Å². The lowest BCUT2D eigenvalue weighted by Crippen LogP contribution is -2.33. The zero-order valence-corrected chi connectivity index (χ0v) is 20.7. The van der Waals surface area contributed by atoms with Crippen molar-refractivity contribution in [2.24, 2.45) is 0 Å². The Morgan fingerprint density at radius 1 is 0.917 bits per heavy atom. The monoisotopic (exact) mass is 499 g/mol. The van der Waals surface area contributed by atoms with Crippen LogP contribution in [-0.2, 0) is 10.1 Å². The van der Waals surface area contributed by atoms with Gasteiger partial charge in [0.2, 0.25) is 0 Å². The summed E-state index contributed by atoms with van der Waals surface area (Å²) in [6.45, 7) is 0. The highest BCUT2D eigenvalue weighted by Gasteiger charge is 2.21. The molecule has 0 amide bonds. The fraction of sp³-hybridized carbons (Fsp3) is 0.143. The molecule has 0 atom stereocenters. The Balaban J connectivity index is 1.49. The van der Waals surface area contributed by atoms with Gasteiger partial charge in [0, 0.05) is 59.1 Å². The van der Waals surface area contributed by atoms with Crippen LogP contribution in [0.15, 0.2) is 65.6 Å².